The molecule has 0 aliphatic heterocycles. The van der Waals surface area contributed by atoms with Crippen LogP contribution in [-0.4, -0.2) is 62.1 Å². The van der Waals surface area contributed by atoms with Crippen LogP contribution in [0.1, 0.15) is 318 Å². The fraction of sp³-hybridized carbons (Fsp3) is 0.929. The second-order valence-corrected chi connectivity index (χ2v) is 29.2. The monoisotopic (exact) mass is 1160 g/mol. The van der Waals surface area contributed by atoms with Gasteiger partial charge in [-0.1, -0.05) is 246 Å². The summed E-state index contributed by atoms with van der Waals surface area (Å²) >= 11 is 0. The van der Waals surface area contributed by atoms with Gasteiger partial charge in [-0.25, -0.2) is 0 Å². The topological polar surface area (TPSA) is 146 Å². The first-order chi connectivity index (χ1) is 39.2. The third kappa shape index (κ3) is 28.5. The van der Waals surface area contributed by atoms with Crippen molar-refractivity contribution in [3.8, 4) is 0 Å². The maximum absolute atomic E-state index is 13.1. The number of carbonyl (C=O) groups is 1. The molecule has 4 aliphatic rings. The van der Waals surface area contributed by atoms with Crippen molar-refractivity contribution in [1.29, 1.82) is 0 Å². The van der Waals surface area contributed by atoms with Crippen LogP contribution in [0.2, 0.25) is 0 Å². The van der Waals surface area contributed by atoms with Crippen LogP contribution >= 0.6 is 7.82 Å². The van der Waals surface area contributed by atoms with E-state index in [9.17, 15) is 19.4 Å². The number of amides is 1. The van der Waals surface area contributed by atoms with Crippen LogP contribution in [0, 0.1) is 46.3 Å². The number of hydroxylamine groups is 1. The first kappa shape index (κ1) is 72.4. The minimum absolute atomic E-state index is 0.00208. The number of nitrogens with two attached hydrogens (primary N) is 1. The summed E-state index contributed by atoms with van der Waals surface area (Å²) in [7, 11) is -4.65. The summed E-state index contributed by atoms with van der Waals surface area (Å²) in [6.45, 7) is 18.9. The third-order valence-corrected chi connectivity index (χ3v) is 21.7. The van der Waals surface area contributed by atoms with Gasteiger partial charge in [0.05, 0.1) is 38.4 Å². The summed E-state index contributed by atoms with van der Waals surface area (Å²) in [5.74, 6) is 5.00. The Hall–Kier alpha value is -1.10. The highest BCUT2D eigenvalue weighted by Gasteiger charge is 2.59. The van der Waals surface area contributed by atoms with Gasteiger partial charge in [0.25, 0.3) is 7.82 Å². The number of aliphatic hydroxyl groups is 1. The number of hydrogen-bond donors (Lipinski definition) is 4. The van der Waals surface area contributed by atoms with Gasteiger partial charge >= 0.3 is 0 Å². The molecule has 0 radical (unpaired) electrons. The molecule has 10 nitrogen and oxygen atoms in total. The second kappa shape index (κ2) is 42.7. The molecule has 0 saturated heterocycles. The minimum atomic E-state index is -4.65. The quantitative estimate of drug-likeness (QED) is 0.0204. The molecule has 11 atom stereocenters. The molecule has 0 aromatic rings. The van der Waals surface area contributed by atoms with Gasteiger partial charge in [-0.2, -0.15) is 5.48 Å². The summed E-state index contributed by atoms with van der Waals surface area (Å²) in [5, 5.41) is 16.2. The number of hydrogen-bond acceptors (Lipinski definition) is 8. The number of quaternary nitrogens is 1. The van der Waals surface area contributed by atoms with Gasteiger partial charge in [-0.05, 0) is 136 Å². The predicted octanol–water partition coefficient (Wildman–Crippen LogP) is 17.5. The zero-order valence-corrected chi connectivity index (χ0v) is 55.0. The number of unbranched alkanes of at least 4 members (excludes halogenated alkanes) is 27. The molecule has 4 rings (SSSR count). The largest absolute Gasteiger partial charge is 0.756 e. The van der Waals surface area contributed by atoms with Crippen molar-refractivity contribution in [1.82, 2.24) is 10.8 Å². The molecule has 0 spiro atoms. The molecular formula is C70H132N3O7P. The van der Waals surface area contributed by atoms with Crippen LogP contribution in [0.15, 0.2) is 23.8 Å². The van der Waals surface area contributed by atoms with Gasteiger partial charge in [0, 0.05) is 12.5 Å². The number of rotatable bonds is 51. The highest BCUT2D eigenvalue weighted by Crippen LogP contribution is 2.67. The summed E-state index contributed by atoms with van der Waals surface area (Å²) in [5.41, 5.74) is 6.06. The number of fused-ring (bicyclic) bond motifs is 5. The Morgan fingerprint density at radius 1 is 0.704 bits per heavy atom. The molecule has 81 heavy (non-hydrogen) atoms. The van der Waals surface area contributed by atoms with Crippen LogP contribution in [0.4, 0.5) is 0 Å². The number of phosphoric ester groups is 1. The molecule has 3 fully saturated rings. The molecule has 3 saturated carbocycles. The maximum Gasteiger partial charge on any atom is 0.268 e. The zero-order chi connectivity index (χ0) is 58.4. The van der Waals surface area contributed by atoms with E-state index in [1.165, 1.54) is 199 Å². The third-order valence-electron chi connectivity index (χ3n) is 20.8. The van der Waals surface area contributed by atoms with E-state index in [-0.39, 0.29) is 19.1 Å². The van der Waals surface area contributed by atoms with Gasteiger partial charge in [0.15, 0.2) is 0 Å². The Bertz CT molecular complexity index is 1710. The zero-order valence-electron chi connectivity index (χ0n) is 54.1. The lowest BCUT2D eigenvalue weighted by Crippen LogP contribution is -2.85. The summed E-state index contributed by atoms with van der Waals surface area (Å²) in [6.07, 6.45) is 57.2. The highest BCUT2D eigenvalue weighted by molar-refractivity contribution is 7.45. The van der Waals surface area contributed by atoms with Crippen LogP contribution < -0.4 is 21.0 Å². The molecule has 0 bridgehead atoms. The van der Waals surface area contributed by atoms with E-state index in [1.54, 1.807) is 11.6 Å². The Kier molecular flexibility index (Phi) is 38.1. The van der Waals surface area contributed by atoms with E-state index in [2.05, 4.69) is 70.7 Å². The Labute approximate surface area is 500 Å². The number of aliphatic hydroxyl groups excluding tert-OH is 1. The molecule has 1 amide bonds. The molecule has 0 heterocycles. The summed E-state index contributed by atoms with van der Waals surface area (Å²) in [4.78, 5) is 32.1. The van der Waals surface area contributed by atoms with Crippen molar-refractivity contribution in [2.75, 3.05) is 32.9 Å². The highest BCUT2D eigenvalue weighted by atomic mass is 31.2. The standard InChI is InChI=1S/C70H132N3O7P/c1-8-10-12-14-16-18-20-22-23-25-27-29-31-33-36-43-68(75)72-66(67(74)42-35-32-30-28-26-24-21-19-17-15-13-11-9-2)57-80-81(76,77)79-55-53-71-52-37-34-38-54-78-73-61-48-50-69(6)60(56-61)44-45-62-64-47-46-63(59(5)41-39-40-58(3)4)70(64,7)51-49-65(62)69/h35,42,44,58-59,61-67,71,73-74H,8-34,36-41,43,45-57H2,1-7H3,(H,72,75)(H,76,77)/b42-35+/t59-,61+,62+,63-,64+,65+,66+,67-,69+,70-/m1/s1. The molecule has 474 valence electrons. The van der Waals surface area contributed by atoms with Crippen LogP contribution in [0.3, 0.4) is 0 Å². The lowest BCUT2D eigenvalue weighted by Gasteiger charge is -2.58. The van der Waals surface area contributed by atoms with E-state index < -0.39 is 20.0 Å². The Morgan fingerprint density at radius 2 is 1.30 bits per heavy atom. The van der Waals surface area contributed by atoms with Gasteiger partial charge in [0.1, 0.15) is 6.61 Å². The molecular weight excluding hydrogens is 1030 g/mol. The van der Waals surface area contributed by atoms with Crippen molar-refractivity contribution in [2.45, 2.75) is 336 Å². The maximum atomic E-state index is 13.1. The van der Waals surface area contributed by atoms with E-state index in [0.29, 0.717) is 36.4 Å². The van der Waals surface area contributed by atoms with Crippen molar-refractivity contribution in [3.63, 3.8) is 0 Å². The first-order valence-corrected chi connectivity index (χ1v) is 36.8. The summed E-state index contributed by atoms with van der Waals surface area (Å²) in [6, 6.07) is -0.507. The smallest absolute Gasteiger partial charge is 0.268 e. The molecule has 11 heteroatoms. The van der Waals surface area contributed by atoms with E-state index in [4.69, 9.17) is 13.9 Å². The van der Waals surface area contributed by atoms with Crippen molar-refractivity contribution < 1.29 is 38.6 Å². The van der Waals surface area contributed by atoms with Crippen LogP contribution in [0.25, 0.3) is 0 Å². The normalized spacial score (nSPS) is 25.6. The van der Waals surface area contributed by atoms with Crippen molar-refractivity contribution in [3.05, 3.63) is 23.8 Å². The minimum Gasteiger partial charge on any atom is -0.756 e. The molecule has 5 N–H and O–H groups in total. The molecule has 4 aliphatic carbocycles. The molecule has 0 aromatic heterocycles. The first-order valence-electron chi connectivity index (χ1n) is 35.4. The van der Waals surface area contributed by atoms with Gasteiger partial charge < -0.3 is 34.5 Å². The Morgan fingerprint density at radius 3 is 1.91 bits per heavy atom. The van der Waals surface area contributed by atoms with Crippen molar-refractivity contribution >= 4 is 13.7 Å². The Balaban J connectivity index is 1.06. The van der Waals surface area contributed by atoms with Crippen molar-refractivity contribution in [2.24, 2.45) is 46.3 Å². The van der Waals surface area contributed by atoms with E-state index in [1.807, 2.05) is 6.08 Å². The number of allylic oxidation sites excluding steroid dienone is 2. The van der Waals surface area contributed by atoms with E-state index >= 15 is 0 Å². The lowest BCUT2D eigenvalue weighted by atomic mass is 9.47. The average molecular weight is 1160 g/mol. The van der Waals surface area contributed by atoms with Crippen LogP contribution in [0.5, 0.6) is 0 Å². The average Bonchev–Trinajstić information content (AvgIpc) is 4.08. The molecule has 0 aromatic carbocycles. The van der Waals surface area contributed by atoms with Gasteiger partial charge in [-0.3, -0.25) is 9.36 Å². The number of phosphoric acid groups is 1. The molecule has 1 unspecified atom stereocenters. The van der Waals surface area contributed by atoms with Crippen LogP contribution in [-0.2, 0) is 23.2 Å². The predicted molar refractivity (Wildman–Crippen MR) is 339 cm³/mol. The fourth-order valence-electron chi connectivity index (χ4n) is 15.7. The number of carbonyl (C=O) groups excluding carboxylic acids is 1. The number of nitrogens with one attached hydrogen (secondary N) is 2. The van der Waals surface area contributed by atoms with Gasteiger partial charge in [-0.15, -0.1) is 0 Å². The summed E-state index contributed by atoms with van der Waals surface area (Å²) < 4.78 is 23.5. The fourth-order valence-corrected chi connectivity index (χ4v) is 16.4. The van der Waals surface area contributed by atoms with Gasteiger partial charge in [0.2, 0.25) is 5.91 Å². The SMILES string of the molecule is CCCCCCCCCCCCC/C=C/[C@@H](O)[C@H](COP(=O)([O-])OCC[NH2+]CCCCCON[C@H]1CC[C@@]2(C)C(=CC[C@H]3[C@@H]4CC[C@H]([C@H](C)CCCC(C)C)[C@@]4(C)CC[C@@H]32)C1)NC(=O)CCCCCCCCCCCCCCCCC. The van der Waals surface area contributed by atoms with E-state index in [0.717, 1.165) is 106 Å². The lowest BCUT2D eigenvalue weighted by molar-refractivity contribution is -0.656. The second-order valence-electron chi connectivity index (χ2n) is 27.8.